The summed E-state index contributed by atoms with van der Waals surface area (Å²) in [5, 5.41) is 2.87. The van der Waals surface area contributed by atoms with E-state index >= 15 is 0 Å². The number of anilines is 1. The summed E-state index contributed by atoms with van der Waals surface area (Å²) >= 11 is 0. The first-order valence-electron chi connectivity index (χ1n) is 7.64. The normalized spacial score (nSPS) is 11.9. The molecule has 1 N–H and O–H groups in total. The van der Waals surface area contributed by atoms with E-state index in [0.29, 0.717) is 25.3 Å². The second kappa shape index (κ2) is 8.29. The fraction of sp³-hybridized carbons (Fsp3) is 0.333. The van der Waals surface area contributed by atoms with Gasteiger partial charge in [-0.2, -0.15) is 0 Å². The van der Waals surface area contributed by atoms with Gasteiger partial charge in [0.25, 0.3) is 5.56 Å². The molecule has 5 heteroatoms. The number of hydrogen-bond acceptors (Lipinski definition) is 3. The van der Waals surface area contributed by atoms with Crippen LogP contribution < -0.4 is 10.9 Å². The summed E-state index contributed by atoms with van der Waals surface area (Å²) in [5.41, 5.74) is 1.63. The molecule has 0 saturated heterocycles. The van der Waals surface area contributed by atoms with E-state index in [0.717, 1.165) is 5.56 Å². The molecule has 0 radical (unpaired) electrons. The molecule has 0 aliphatic carbocycles. The Hall–Kier alpha value is -2.40. The molecule has 0 spiro atoms. The van der Waals surface area contributed by atoms with Gasteiger partial charge in [0, 0.05) is 31.8 Å². The van der Waals surface area contributed by atoms with Gasteiger partial charge in [0.15, 0.2) is 0 Å². The van der Waals surface area contributed by atoms with Gasteiger partial charge in [0.05, 0.1) is 12.3 Å². The van der Waals surface area contributed by atoms with Gasteiger partial charge in [0.1, 0.15) is 0 Å². The summed E-state index contributed by atoms with van der Waals surface area (Å²) in [5.74, 6) is -0.220. The van der Waals surface area contributed by atoms with Crippen molar-refractivity contribution >= 4 is 11.6 Å². The molecule has 0 aliphatic heterocycles. The molecule has 122 valence electrons. The van der Waals surface area contributed by atoms with Crippen molar-refractivity contribution in [2.24, 2.45) is 5.92 Å². The maximum atomic E-state index is 12.3. The first-order valence-corrected chi connectivity index (χ1v) is 7.64. The van der Waals surface area contributed by atoms with E-state index in [2.05, 4.69) is 5.32 Å². The standard InChI is InChI=1S/C18H22N2O3/c1-14(12-15-6-4-3-5-7-15)18(22)19-16-8-9-17(21)20(13-16)10-11-23-2/h3-9,13-14H,10-12H2,1-2H3,(H,19,22). The molecule has 0 aliphatic rings. The quantitative estimate of drug-likeness (QED) is 0.853. The van der Waals surface area contributed by atoms with E-state index in [1.165, 1.54) is 10.6 Å². The molecule has 23 heavy (non-hydrogen) atoms. The van der Waals surface area contributed by atoms with Crippen LogP contribution in [0.25, 0.3) is 0 Å². The first-order chi connectivity index (χ1) is 11.1. The zero-order valence-corrected chi connectivity index (χ0v) is 13.5. The highest BCUT2D eigenvalue weighted by Gasteiger charge is 2.14. The van der Waals surface area contributed by atoms with Crippen molar-refractivity contribution < 1.29 is 9.53 Å². The Labute approximate surface area is 135 Å². The van der Waals surface area contributed by atoms with Gasteiger partial charge in [-0.3, -0.25) is 9.59 Å². The first kappa shape index (κ1) is 17.0. The number of benzene rings is 1. The second-order valence-electron chi connectivity index (χ2n) is 5.52. The minimum absolute atomic E-state index is 0.0641. The lowest BCUT2D eigenvalue weighted by molar-refractivity contribution is -0.119. The van der Waals surface area contributed by atoms with E-state index in [9.17, 15) is 9.59 Å². The van der Waals surface area contributed by atoms with Crippen LogP contribution in [0, 0.1) is 5.92 Å². The lowest BCUT2D eigenvalue weighted by Crippen LogP contribution is -2.25. The third-order valence-electron chi connectivity index (χ3n) is 3.62. The van der Waals surface area contributed by atoms with Crippen LogP contribution in [-0.4, -0.2) is 24.2 Å². The van der Waals surface area contributed by atoms with Crippen LogP contribution in [0.3, 0.4) is 0 Å². The summed E-state index contributed by atoms with van der Waals surface area (Å²) in [4.78, 5) is 24.0. The third-order valence-corrected chi connectivity index (χ3v) is 3.62. The largest absolute Gasteiger partial charge is 0.383 e. The number of carbonyl (C=O) groups excluding carboxylic acids is 1. The highest BCUT2D eigenvalue weighted by Crippen LogP contribution is 2.11. The average Bonchev–Trinajstić information content (AvgIpc) is 2.56. The highest BCUT2D eigenvalue weighted by molar-refractivity contribution is 5.92. The van der Waals surface area contributed by atoms with Crippen molar-refractivity contribution in [2.75, 3.05) is 19.0 Å². The number of aromatic nitrogens is 1. The predicted octanol–water partition coefficient (Wildman–Crippen LogP) is 2.31. The molecular formula is C18H22N2O3. The smallest absolute Gasteiger partial charge is 0.250 e. The SMILES string of the molecule is COCCn1cc(NC(=O)C(C)Cc2ccccc2)ccc1=O. The Kier molecular flexibility index (Phi) is 6.11. The number of amides is 1. The maximum Gasteiger partial charge on any atom is 0.250 e. The Morgan fingerprint density at radius 3 is 2.65 bits per heavy atom. The van der Waals surface area contributed by atoms with Crippen LogP contribution in [0.2, 0.25) is 0 Å². The van der Waals surface area contributed by atoms with E-state index in [4.69, 9.17) is 4.74 Å². The Balaban J connectivity index is 2.00. The molecular weight excluding hydrogens is 292 g/mol. The van der Waals surface area contributed by atoms with Gasteiger partial charge in [-0.05, 0) is 18.1 Å². The van der Waals surface area contributed by atoms with Gasteiger partial charge >= 0.3 is 0 Å². The van der Waals surface area contributed by atoms with E-state index in [1.54, 1.807) is 19.4 Å². The van der Waals surface area contributed by atoms with Crippen molar-refractivity contribution in [1.29, 1.82) is 0 Å². The van der Waals surface area contributed by atoms with Gasteiger partial charge in [0.2, 0.25) is 5.91 Å². The molecule has 0 saturated carbocycles. The van der Waals surface area contributed by atoms with Gasteiger partial charge < -0.3 is 14.6 Å². The van der Waals surface area contributed by atoms with Crippen molar-refractivity contribution in [3.63, 3.8) is 0 Å². The zero-order chi connectivity index (χ0) is 16.7. The fourth-order valence-corrected chi connectivity index (χ4v) is 2.30. The second-order valence-corrected chi connectivity index (χ2v) is 5.52. The molecule has 2 rings (SSSR count). The van der Waals surface area contributed by atoms with Crippen molar-refractivity contribution in [3.05, 3.63) is 64.6 Å². The van der Waals surface area contributed by atoms with Crippen LogP contribution in [0.15, 0.2) is 53.5 Å². The monoisotopic (exact) mass is 314 g/mol. The van der Waals surface area contributed by atoms with Crippen molar-refractivity contribution in [1.82, 2.24) is 4.57 Å². The Morgan fingerprint density at radius 2 is 1.96 bits per heavy atom. The summed E-state index contributed by atoms with van der Waals surface area (Å²) in [6.45, 7) is 2.80. The van der Waals surface area contributed by atoms with Gasteiger partial charge in [-0.1, -0.05) is 37.3 Å². The molecule has 2 aromatic rings. The minimum atomic E-state index is -0.156. The van der Waals surface area contributed by atoms with E-state index in [-0.39, 0.29) is 17.4 Å². The predicted molar refractivity (Wildman–Crippen MR) is 90.5 cm³/mol. The van der Waals surface area contributed by atoms with Crippen LogP contribution in [-0.2, 0) is 22.5 Å². The average molecular weight is 314 g/mol. The molecule has 1 amide bonds. The number of nitrogens with one attached hydrogen (secondary N) is 1. The van der Waals surface area contributed by atoms with Crippen LogP contribution in [0.1, 0.15) is 12.5 Å². The zero-order valence-electron chi connectivity index (χ0n) is 13.5. The molecule has 0 fully saturated rings. The van der Waals surface area contributed by atoms with Crippen LogP contribution in [0.5, 0.6) is 0 Å². The van der Waals surface area contributed by atoms with E-state index in [1.807, 2.05) is 37.3 Å². The molecule has 5 nitrogen and oxygen atoms in total. The highest BCUT2D eigenvalue weighted by atomic mass is 16.5. The number of rotatable bonds is 7. The van der Waals surface area contributed by atoms with Crippen LogP contribution >= 0.6 is 0 Å². The number of carbonyl (C=O) groups is 1. The lowest BCUT2D eigenvalue weighted by atomic mass is 10.0. The summed E-state index contributed by atoms with van der Waals surface area (Å²) in [6.07, 6.45) is 2.32. The molecule has 1 heterocycles. The van der Waals surface area contributed by atoms with Crippen molar-refractivity contribution in [2.45, 2.75) is 19.9 Å². The number of nitrogens with zero attached hydrogens (tertiary/aromatic N) is 1. The molecule has 0 bridgehead atoms. The van der Waals surface area contributed by atoms with E-state index < -0.39 is 0 Å². The molecule has 1 unspecified atom stereocenters. The summed E-state index contributed by atoms with van der Waals surface area (Å²) < 4.78 is 6.51. The number of ether oxygens (including phenoxy) is 1. The molecule has 1 aromatic carbocycles. The molecule has 1 aromatic heterocycles. The molecule has 1 atom stereocenters. The Morgan fingerprint density at radius 1 is 1.22 bits per heavy atom. The number of methoxy groups -OCH3 is 1. The third kappa shape index (κ3) is 5.07. The number of pyridine rings is 1. The van der Waals surface area contributed by atoms with Crippen LogP contribution in [0.4, 0.5) is 5.69 Å². The fourth-order valence-electron chi connectivity index (χ4n) is 2.30. The summed E-state index contributed by atoms with van der Waals surface area (Å²) in [7, 11) is 1.59. The van der Waals surface area contributed by atoms with Gasteiger partial charge in [-0.15, -0.1) is 0 Å². The van der Waals surface area contributed by atoms with Crippen molar-refractivity contribution in [3.8, 4) is 0 Å². The topological polar surface area (TPSA) is 60.3 Å². The minimum Gasteiger partial charge on any atom is -0.383 e. The van der Waals surface area contributed by atoms with Gasteiger partial charge in [-0.25, -0.2) is 0 Å². The Bertz CT molecular complexity index is 695. The summed E-state index contributed by atoms with van der Waals surface area (Å²) in [6, 6.07) is 13.0. The number of hydrogen-bond donors (Lipinski definition) is 1. The maximum absolute atomic E-state index is 12.3. The lowest BCUT2D eigenvalue weighted by Gasteiger charge is -2.13.